The number of aliphatic imine (C=N–C) groups is 1. The molecule has 0 saturated heterocycles. The van der Waals surface area contributed by atoms with Crippen LogP contribution in [0, 0.1) is 0 Å². The van der Waals surface area contributed by atoms with Crippen LogP contribution in [0.5, 0.6) is 0 Å². The molecule has 0 bridgehead atoms. The van der Waals surface area contributed by atoms with Gasteiger partial charge in [-0.3, -0.25) is 9.89 Å². The first kappa shape index (κ1) is 16.1. The van der Waals surface area contributed by atoms with Gasteiger partial charge in [-0.05, 0) is 50.3 Å². The fourth-order valence-electron chi connectivity index (χ4n) is 2.18. The molecule has 0 aliphatic heterocycles. The van der Waals surface area contributed by atoms with Gasteiger partial charge in [-0.15, -0.1) is 0 Å². The summed E-state index contributed by atoms with van der Waals surface area (Å²) in [6, 6.07) is 12.1. The van der Waals surface area contributed by atoms with Gasteiger partial charge >= 0.3 is 0 Å². The molecule has 5 heteroatoms. The van der Waals surface area contributed by atoms with Gasteiger partial charge in [-0.1, -0.05) is 19.1 Å². The molecular formula is C17H24N4O. The highest BCUT2D eigenvalue weighted by Gasteiger charge is 2.16. The number of anilines is 1. The summed E-state index contributed by atoms with van der Waals surface area (Å²) in [6.45, 7) is 2.67. The number of furan rings is 1. The molecule has 22 heavy (non-hydrogen) atoms. The molecule has 0 aliphatic carbocycles. The number of nitrogens with one attached hydrogen (secondary N) is 1. The Balaban J connectivity index is 1.98. The van der Waals surface area contributed by atoms with Gasteiger partial charge in [0.15, 0.2) is 5.96 Å². The highest BCUT2D eigenvalue weighted by Crippen LogP contribution is 2.18. The minimum Gasteiger partial charge on any atom is -0.468 e. The maximum absolute atomic E-state index is 5.97. The summed E-state index contributed by atoms with van der Waals surface area (Å²) in [5, 5.41) is 3.11. The van der Waals surface area contributed by atoms with E-state index < -0.39 is 0 Å². The Hall–Kier alpha value is -2.27. The molecule has 0 fully saturated rings. The molecular weight excluding hydrogens is 276 g/mol. The fourth-order valence-corrected chi connectivity index (χ4v) is 2.18. The van der Waals surface area contributed by atoms with Crippen molar-refractivity contribution in [1.29, 1.82) is 0 Å². The normalized spacial score (nSPS) is 13.4. The zero-order valence-electron chi connectivity index (χ0n) is 13.4. The van der Waals surface area contributed by atoms with Crippen molar-refractivity contribution in [2.75, 3.05) is 26.0 Å². The summed E-state index contributed by atoms with van der Waals surface area (Å²) in [5.74, 6) is 1.29. The topological polar surface area (TPSA) is 66.8 Å². The predicted octanol–water partition coefficient (Wildman–Crippen LogP) is 2.87. The Kier molecular flexibility index (Phi) is 5.61. The average Bonchev–Trinajstić information content (AvgIpc) is 3.02. The fraction of sp³-hybridized carbons (Fsp3) is 0.353. The van der Waals surface area contributed by atoms with Gasteiger partial charge in [0, 0.05) is 5.69 Å². The highest BCUT2D eigenvalue weighted by atomic mass is 16.3. The minimum absolute atomic E-state index is 0.0674. The summed E-state index contributed by atoms with van der Waals surface area (Å²) in [4.78, 5) is 6.48. The number of rotatable bonds is 6. The smallest absolute Gasteiger partial charge is 0.193 e. The van der Waals surface area contributed by atoms with Crippen molar-refractivity contribution < 1.29 is 4.42 Å². The number of nitrogens with two attached hydrogens (primary N) is 1. The molecule has 2 rings (SSSR count). The minimum atomic E-state index is 0.0674. The van der Waals surface area contributed by atoms with Crippen LogP contribution >= 0.6 is 0 Å². The van der Waals surface area contributed by atoms with Crippen LogP contribution in [0.15, 0.2) is 52.1 Å². The van der Waals surface area contributed by atoms with E-state index in [1.807, 2.05) is 38.4 Å². The van der Waals surface area contributed by atoms with Crippen LogP contribution in [0.3, 0.4) is 0 Å². The van der Waals surface area contributed by atoms with E-state index in [1.54, 1.807) is 6.26 Å². The van der Waals surface area contributed by atoms with Gasteiger partial charge in [-0.25, -0.2) is 0 Å². The zero-order valence-corrected chi connectivity index (χ0v) is 13.4. The van der Waals surface area contributed by atoms with Gasteiger partial charge in [0.25, 0.3) is 0 Å². The molecule has 3 N–H and O–H groups in total. The molecule has 1 atom stereocenters. The maximum Gasteiger partial charge on any atom is 0.193 e. The quantitative estimate of drug-likeness (QED) is 0.636. The lowest BCUT2D eigenvalue weighted by Crippen LogP contribution is -2.27. The van der Waals surface area contributed by atoms with Gasteiger partial charge in [-0.2, -0.15) is 0 Å². The number of benzene rings is 1. The first-order chi connectivity index (χ1) is 10.6. The Morgan fingerprint density at radius 2 is 2.00 bits per heavy atom. The number of aryl methyl sites for hydroxylation is 1. The first-order valence-corrected chi connectivity index (χ1v) is 7.46. The van der Waals surface area contributed by atoms with Crippen LogP contribution in [0.2, 0.25) is 0 Å². The maximum atomic E-state index is 5.97. The van der Waals surface area contributed by atoms with Crippen LogP contribution in [-0.4, -0.2) is 31.5 Å². The van der Waals surface area contributed by atoms with Crippen molar-refractivity contribution in [2.24, 2.45) is 10.7 Å². The van der Waals surface area contributed by atoms with E-state index in [9.17, 15) is 0 Å². The molecule has 118 valence electrons. The van der Waals surface area contributed by atoms with Crippen LogP contribution < -0.4 is 11.1 Å². The summed E-state index contributed by atoms with van der Waals surface area (Å²) >= 11 is 0. The Labute approximate surface area is 131 Å². The zero-order chi connectivity index (χ0) is 15.9. The summed E-state index contributed by atoms with van der Waals surface area (Å²) in [7, 11) is 3.99. The molecule has 0 amide bonds. The van der Waals surface area contributed by atoms with Crippen LogP contribution in [-0.2, 0) is 6.42 Å². The molecule has 5 nitrogen and oxygen atoms in total. The van der Waals surface area contributed by atoms with Crippen molar-refractivity contribution in [3.05, 3.63) is 54.0 Å². The Morgan fingerprint density at radius 3 is 2.55 bits per heavy atom. The molecule has 2 aromatic rings. The molecule has 1 aromatic carbocycles. The lowest BCUT2D eigenvalue weighted by Gasteiger charge is -2.20. The molecule has 1 heterocycles. The van der Waals surface area contributed by atoms with Crippen molar-refractivity contribution >= 4 is 11.6 Å². The third-order valence-electron chi connectivity index (χ3n) is 3.56. The molecule has 0 radical (unpaired) electrons. The highest BCUT2D eigenvalue weighted by molar-refractivity contribution is 5.92. The lowest BCUT2D eigenvalue weighted by molar-refractivity contribution is 0.265. The van der Waals surface area contributed by atoms with E-state index in [-0.39, 0.29) is 6.04 Å². The molecule has 0 saturated carbocycles. The number of likely N-dealkylation sites (N-methyl/N-ethyl adjacent to an activating group) is 1. The molecule has 1 unspecified atom stereocenters. The van der Waals surface area contributed by atoms with Crippen molar-refractivity contribution in [1.82, 2.24) is 4.90 Å². The average molecular weight is 300 g/mol. The first-order valence-electron chi connectivity index (χ1n) is 7.46. The van der Waals surface area contributed by atoms with Crippen molar-refractivity contribution in [2.45, 2.75) is 19.4 Å². The standard InChI is InChI=1S/C17H24N4O/c1-4-13-7-9-14(10-8-13)20-17(18)19-12-15(21(2)3)16-6-5-11-22-16/h5-11,15H,4,12H2,1-3H3,(H3,18,19,20). The SMILES string of the molecule is CCc1ccc(NC(N)=NCC(c2ccco2)N(C)C)cc1. The third kappa shape index (κ3) is 4.36. The van der Waals surface area contributed by atoms with Crippen LogP contribution in [0.4, 0.5) is 5.69 Å². The number of nitrogens with zero attached hydrogens (tertiary/aromatic N) is 2. The summed E-state index contributed by atoms with van der Waals surface area (Å²) in [6.07, 6.45) is 2.70. The monoisotopic (exact) mass is 300 g/mol. The van der Waals surface area contributed by atoms with E-state index >= 15 is 0 Å². The number of hydrogen-bond acceptors (Lipinski definition) is 3. The number of guanidine groups is 1. The summed E-state index contributed by atoms with van der Waals surface area (Å²) in [5.41, 5.74) is 8.21. The largest absolute Gasteiger partial charge is 0.468 e. The van der Waals surface area contributed by atoms with E-state index in [4.69, 9.17) is 10.2 Å². The van der Waals surface area contributed by atoms with E-state index in [0.29, 0.717) is 12.5 Å². The number of hydrogen-bond donors (Lipinski definition) is 2. The summed E-state index contributed by atoms with van der Waals surface area (Å²) < 4.78 is 5.46. The van der Waals surface area contributed by atoms with Gasteiger partial charge < -0.3 is 15.5 Å². The van der Waals surface area contributed by atoms with Crippen LogP contribution in [0.25, 0.3) is 0 Å². The van der Waals surface area contributed by atoms with Crippen molar-refractivity contribution in [3.63, 3.8) is 0 Å². The molecule has 0 spiro atoms. The van der Waals surface area contributed by atoms with Gasteiger partial charge in [0.1, 0.15) is 5.76 Å². The van der Waals surface area contributed by atoms with E-state index in [0.717, 1.165) is 17.9 Å². The Morgan fingerprint density at radius 1 is 1.27 bits per heavy atom. The van der Waals surface area contributed by atoms with Gasteiger partial charge in [0.2, 0.25) is 0 Å². The second-order valence-electron chi connectivity index (χ2n) is 5.40. The van der Waals surface area contributed by atoms with Crippen molar-refractivity contribution in [3.8, 4) is 0 Å². The second kappa shape index (κ2) is 7.66. The predicted molar refractivity (Wildman–Crippen MR) is 91.1 cm³/mol. The molecule has 1 aromatic heterocycles. The van der Waals surface area contributed by atoms with E-state index in [2.05, 4.69) is 34.3 Å². The van der Waals surface area contributed by atoms with Gasteiger partial charge in [0.05, 0.1) is 18.8 Å². The molecule has 0 aliphatic rings. The Bertz CT molecular complexity index is 588. The van der Waals surface area contributed by atoms with E-state index in [1.165, 1.54) is 5.56 Å². The van der Waals surface area contributed by atoms with Crippen LogP contribution in [0.1, 0.15) is 24.3 Å². The second-order valence-corrected chi connectivity index (χ2v) is 5.40. The lowest BCUT2D eigenvalue weighted by atomic mass is 10.1. The third-order valence-corrected chi connectivity index (χ3v) is 3.56.